The molecule has 0 aromatic heterocycles. The maximum Gasteiger partial charge on any atom is 0.119 e. The third-order valence-electron chi connectivity index (χ3n) is 12.0. The molecule has 236 valence electrons. The molecule has 1 saturated heterocycles. The van der Waals surface area contributed by atoms with Gasteiger partial charge in [-0.2, -0.15) is 0 Å². The minimum atomic E-state index is -1.82. The molecule has 49 heavy (non-hydrogen) atoms. The van der Waals surface area contributed by atoms with Crippen LogP contribution in [0, 0.1) is 0 Å². The van der Waals surface area contributed by atoms with Gasteiger partial charge in [0, 0.05) is 27.7 Å². The molecule has 2 aliphatic heterocycles. The Morgan fingerprint density at radius 3 is 1.96 bits per heavy atom. The standard InChI is InChI=1S/C47H39NSi/c1-47(2)41-20-10-8-19-40(41)45-42(47)30-34-16-6-7-17-37(34)46(45)48(35-24-22-33(23-25-35)32-14-4-3-5-15-32)36-26-27-39-38-18-9-11-21-43(38)49(44(39)31-36)28-12-13-29-49/h3-11,14-27,30-31H,12-13,28-29H2,1-2H3. The summed E-state index contributed by atoms with van der Waals surface area (Å²) in [6, 6.07) is 60.2. The minimum absolute atomic E-state index is 0.103. The monoisotopic (exact) mass is 645 g/mol. The van der Waals surface area contributed by atoms with Gasteiger partial charge >= 0.3 is 0 Å². The summed E-state index contributed by atoms with van der Waals surface area (Å²) in [4.78, 5) is 2.61. The van der Waals surface area contributed by atoms with E-state index in [1.807, 2.05) is 0 Å². The molecule has 7 aromatic carbocycles. The molecule has 10 rings (SSSR count). The number of fused-ring (bicyclic) bond motifs is 9. The van der Waals surface area contributed by atoms with Crippen LogP contribution in [0.15, 0.2) is 152 Å². The highest BCUT2D eigenvalue weighted by Crippen LogP contribution is 2.56. The van der Waals surface area contributed by atoms with E-state index in [9.17, 15) is 0 Å². The van der Waals surface area contributed by atoms with Crippen molar-refractivity contribution in [3.63, 3.8) is 0 Å². The first-order valence-corrected chi connectivity index (χ1v) is 20.3. The molecule has 7 aromatic rings. The molecule has 0 N–H and O–H groups in total. The van der Waals surface area contributed by atoms with E-state index in [-0.39, 0.29) is 5.41 Å². The molecule has 0 atom stereocenters. The molecule has 1 spiro atoms. The lowest BCUT2D eigenvalue weighted by atomic mass is 9.81. The van der Waals surface area contributed by atoms with Crippen molar-refractivity contribution in [1.29, 1.82) is 0 Å². The number of hydrogen-bond donors (Lipinski definition) is 0. The van der Waals surface area contributed by atoms with Crippen molar-refractivity contribution in [3.05, 3.63) is 163 Å². The van der Waals surface area contributed by atoms with Crippen LogP contribution in [0.3, 0.4) is 0 Å². The van der Waals surface area contributed by atoms with Crippen LogP contribution in [0.1, 0.15) is 37.8 Å². The van der Waals surface area contributed by atoms with Crippen LogP contribution in [0.2, 0.25) is 12.1 Å². The van der Waals surface area contributed by atoms with Gasteiger partial charge in [-0.1, -0.05) is 148 Å². The van der Waals surface area contributed by atoms with Crippen LogP contribution >= 0.6 is 0 Å². The van der Waals surface area contributed by atoms with Gasteiger partial charge in [-0.15, -0.1) is 0 Å². The maximum atomic E-state index is 2.62. The Labute approximate surface area is 290 Å². The predicted octanol–water partition coefficient (Wildman–Crippen LogP) is 11.6. The van der Waals surface area contributed by atoms with E-state index in [0.29, 0.717) is 0 Å². The van der Waals surface area contributed by atoms with Gasteiger partial charge in [-0.05, 0) is 97.1 Å². The largest absolute Gasteiger partial charge is 0.309 e. The molecule has 1 fully saturated rings. The summed E-state index contributed by atoms with van der Waals surface area (Å²) >= 11 is 0. The highest BCUT2D eigenvalue weighted by Gasteiger charge is 2.47. The van der Waals surface area contributed by atoms with Crippen molar-refractivity contribution < 1.29 is 0 Å². The molecule has 0 amide bonds. The topological polar surface area (TPSA) is 3.24 Å². The van der Waals surface area contributed by atoms with Gasteiger partial charge in [0.1, 0.15) is 8.07 Å². The molecule has 0 saturated carbocycles. The summed E-state index contributed by atoms with van der Waals surface area (Å²) in [7, 11) is -1.82. The molecular formula is C47H39NSi. The smallest absolute Gasteiger partial charge is 0.119 e. The van der Waals surface area contributed by atoms with Crippen molar-refractivity contribution >= 4 is 46.3 Å². The van der Waals surface area contributed by atoms with Crippen molar-refractivity contribution in [1.82, 2.24) is 0 Å². The van der Waals surface area contributed by atoms with Crippen LogP contribution in [-0.4, -0.2) is 8.07 Å². The van der Waals surface area contributed by atoms with Gasteiger partial charge < -0.3 is 4.90 Å². The zero-order valence-corrected chi connectivity index (χ0v) is 29.2. The zero-order valence-electron chi connectivity index (χ0n) is 28.2. The van der Waals surface area contributed by atoms with E-state index < -0.39 is 8.07 Å². The lowest BCUT2D eigenvalue weighted by molar-refractivity contribution is 0.661. The second-order valence-electron chi connectivity index (χ2n) is 14.9. The summed E-state index contributed by atoms with van der Waals surface area (Å²) in [5, 5.41) is 5.89. The quantitative estimate of drug-likeness (QED) is 0.172. The first-order chi connectivity index (χ1) is 24.0. The third-order valence-corrected chi connectivity index (χ3v) is 17.3. The summed E-state index contributed by atoms with van der Waals surface area (Å²) in [6.45, 7) is 4.80. The Kier molecular flexibility index (Phi) is 6.26. The fraction of sp³-hybridized carbons (Fsp3) is 0.149. The number of rotatable bonds is 4. The van der Waals surface area contributed by atoms with Gasteiger partial charge in [-0.3, -0.25) is 0 Å². The van der Waals surface area contributed by atoms with Crippen LogP contribution in [0.25, 0.3) is 44.2 Å². The normalized spacial score (nSPS) is 16.0. The Bertz CT molecular complexity index is 2410. The molecule has 1 nitrogen and oxygen atoms in total. The van der Waals surface area contributed by atoms with Gasteiger partial charge in [-0.25, -0.2) is 0 Å². The number of nitrogens with zero attached hydrogens (tertiary/aromatic N) is 1. The Morgan fingerprint density at radius 2 is 1.14 bits per heavy atom. The molecule has 0 radical (unpaired) electrons. The number of anilines is 3. The third kappa shape index (κ3) is 4.11. The average molecular weight is 646 g/mol. The van der Waals surface area contributed by atoms with E-state index in [0.717, 1.165) is 0 Å². The Morgan fingerprint density at radius 1 is 0.510 bits per heavy atom. The lowest BCUT2D eigenvalue weighted by Gasteiger charge is -2.32. The van der Waals surface area contributed by atoms with Gasteiger partial charge in [0.2, 0.25) is 0 Å². The predicted molar refractivity (Wildman–Crippen MR) is 211 cm³/mol. The maximum absolute atomic E-state index is 2.62. The van der Waals surface area contributed by atoms with Gasteiger partial charge in [0.05, 0.1) is 5.69 Å². The van der Waals surface area contributed by atoms with Gasteiger partial charge in [0.15, 0.2) is 0 Å². The number of hydrogen-bond acceptors (Lipinski definition) is 1. The van der Waals surface area contributed by atoms with Crippen LogP contribution in [0.4, 0.5) is 17.1 Å². The van der Waals surface area contributed by atoms with Crippen LogP contribution in [-0.2, 0) is 5.41 Å². The van der Waals surface area contributed by atoms with E-state index in [1.165, 1.54) is 97.3 Å². The molecule has 0 bridgehead atoms. The van der Waals surface area contributed by atoms with E-state index in [1.54, 1.807) is 10.4 Å². The lowest BCUT2D eigenvalue weighted by Crippen LogP contribution is -2.52. The van der Waals surface area contributed by atoms with Crippen LogP contribution in [0.5, 0.6) is 0 Å². The second kappa shape index (κ2) is 10.7. The summed E-state index contributed by atoms with van der Waals surface area (Å²) in [5.41, 5.74) is 14.6. The van der Waals surface area contributed by atoms with Crippen molar-refractivity contribution in [2.45, 2.75) is 44.2 Å². The SMILES string of the molecule is CC1(C)c2ccccc2-c2c1cc1ccccc1c2N(c1ccc(-c2ccccc2)cc1)c1ccc2c(c1)[Si]1(CCCC1)c1ccccc1-2. The van der Waals surface area contributed by atoms with Gasteiger partial charge in [0.25, 0.3) is 0 Å². The fourth-order valence-corrected chi connectivity index (χ4v) is 15.3. The molecule has 0 unspecified atom stereocenters. The molecule has 2 heterocycles. The van der Waals surface area contributed by atoms with Crippen molar-refractivity contribution in [3.8, 4) is 33.4 Å². The van der Waals surface area contributed by atoms with E-state index >= 15 is 0 Å². The first-order valence-electron chi connectivity index (χ1n) is 17.9. The van der Waals surface area contributed by atoms with E-state index in [4.69, 9.17) is 0 Å². The Balaban J connectivity index is 1.27. The molecule has 3 aliphatic rings. The fourth-order valence-electron chi connectivity index (χ4n) is 9.66. The van der Waals surface area contributed by atoms with Crippen molar-refractivity contribution in [2.24, 2.45) is 0 Å². The second-order valence-corrected chi connectivity index (χ2v) is 19.1. The Hall–Kier alpha value is -5.18. The first kappa shape index (κ1) is 28.8. The molecular weight excluding hydrogens is 607 g/mol. The highest BCUT2D eigenvalue weighted by molar-refractivity contribution is 7.06. The van der Waals surface area contributed by atoms with E-state index in [2.05, 4.69) is 170 Å². The summed E-state index contributed by atoms with van der Waals surface area (Å²) in [6.07, 6.45) is 2.69. The highest BCUT2D eigenvalue weighted by atomic mass is 28.3. The van der Waals surface area contributed by atoms with Crippen LogP contribution < -0.4 is 15.3 Å². The molecule has 1 aliphatic carbocycles. The molecule has 2 heteroatoms. The number of benzene rings is 7. The summed E-state index contributed by atoms with van der Waals surface area (Å²) < 4.78 is 0. The summed E-state index contributed by atoms with van der Waals surface area (Å²) in [5.74, 6) is 0. The van der Waals surface area contributed by atoms with Crippen molar-refractivity contribution in [2.75, 3.05) is 4.90 Å². The average Bonchev–Trinajstić information content (AvgIpc) is 3.82. The zero-order chi connectivity index (χ0) is 32.7. The minimum Gasteiger partial charge on any atom is -0.309 e.